The fourth-order valence-electron chi connectivity index (χ4n) is 4.15. The van der Waals surface area contributed by atoms with Gasteiger partial charge in [-0.3, -0.25) is 19.3 Å². The number of carbonyl (C=O) groups is 4. The summed E-state index contributed by atoms with van der Waals surface area (Å²) < 4.78 is 5.03. The first-order valence-electron chi connectivity index (χ1n) is 9.11. The van der Waals surface area contributed by atoms with Crippen LogP contribution in [0, 0.1) is 25.7 Å². The van der Waals surface area contributed by atoms with Gasteiger partial charge >= 0.3 is 5.97 Å². The number of hydrogen-bond acceptors (Lipinski definition) is 5. The number of ether oxygens (including phenoxy) is 1. The molecule has 2 amide bonds. The first-order valence-corrected chi connectivity index (χ1v) is 9.11. The smallest absolute Gasteiger partial charge is 0.340 e. The number of fused-ring (bicyclic) bond motifs is 1. The number of hydrogen-bond donors (Lipinski definition) is 1. The highest BCUT2D eigenvalue weighted by molar-refractivity contribution is 6.10. The van der Waals surface area contributed by atoms with Crippen molar-refractivity contribution in [2.45, 2.75) is 46.5 Å². The predicted molar refractivity (Wildman–Crippen MR) is 92.7 cm³/mol. The van der Waals surface area contributed by atoms with Gasteiger partial charge in [0, 0.05) is 5.69 Å². The first-order chi connectivity index (χ1) is 12.4. The summed E-state index contributed by atoms with van der Waals surface area (Å²) in [7, 11) is 0. The number of H-pyrrole nitrogens is 1. The maximum atomic E-state index is 12.7. The number of rotatable bonds is 5. The molecule has 140 valence electrons. The van der Waals surface area contributed by atoms with Crippen LogP contribution in [0.5, 0.6) is 0 Å². The lowest BCUT2D eigenvalue weighted by atomic mass is 9.81. The zero-order valence-corrected chi connectivity index (χ0v) is 15.4. The molecule has 0 radical (unpaired) electrons. The Morgan fingerprint density at radius 3 is 2.23 bits per heavy atom. The topological polar surface area (TPSA) is 96.5 Å². The third kappa shape index (κ3) is 2.95. The Morgan fingerprint density at radius 2 is 1.69 bits per heavy atom. The second-order valence-corrected chi connectivity index (χ2v) is 7.03. The van der Waals surface area contributed by atoms with E-state index in [-0.39, 0.29) is 48.3 Å². The number of imide groups is 1. The van der Waals surface area contributed by atoms with Crippen molar-refractivity contribution < 1.29 is 23.9 Å². The second-order valence-electron chi connectivity index (χ2n) is 7.03. The molecule has 1 aromatic rings. The summed E-state index contributed by atoms with van der Waals surface area (Å²) in [6.45, 7) is 5.03. The first kappa shape index (κ1) is 18.4. The quantitative estimate of drug-likeness (QED) is 0.493. The summed E-state index contributed by atoms with van der Waals surface area (Å²) in [5.74, 6) is -1.88. The minimum absolute atomic E-state index is 0.236. The van der Waals surface area contributed by atoms with E-state index in [1.165, 1.54) is 0 Å². The number of ketones is 1. The molecule has 1 aliphatic heterocycles. The van der Waals surface area contributed by atoms with E-state index in [1.807, 2.05) is 0 Å². The number of aryl methyl sites for hydroxylation is 1. The van der Waals surface area contributed by atoms with Crippen molar-refractivity contribution in [1.29, 1.82) is 0 Å². The van der Waals surface area contributed by atoms with Crippen LogP contribution in [0.2, 0.25) is 0 Å². The summed E-state index contributed by atoms with van der Waals surface area (Å²) in [6.07, 6.45) is 3.32. The molecule has 0 spiro atoms. The van der Waals surface area contributed by atoms with E-state index in [9.17, 15) is 19.2 Å². The number of Topliss-reactive ketones (excluding diaryl/α,β-unsaturated/α-hetero) is 1. The van der Waals surface area contributed by atoms with Crippen LogP contribution in [0.25, 0.3) is 0 Å². The standard InChI is InChI=1S/C19H24N2O5/c1-4-26-19(25)15-10(2)16(20-11(15)3)14(22)9-21-17(23)12-7-5-6-8-13(12)18(21)24/h12-13,20H,4-9H2,1-3H3/t12-,13+. The number of carbonyl (C=O) groups excluding carboxylic acids is 4. The summed E-state index contributed by atoms with van der Waals surface area (Å²) >= 11 is 0. The molecule has 7 nitrogen and oxygen atoms in total. The lowest BCUT2D eigenvalue weighted by molar-refractivity contribution is -0.139. The van der Waals surface area contributed by atoms with E-state index in [0.717, 1.165) is 17.7 Å². The van der Waals surface area contributed by atoms with Crippen LogP contribution in [0.1, 0.15) is 64.7 Å². The maximum Gasteiger partial charge on any atom is 0.340 e. The van der Waals surface area contributed by atoms with E-state index < -0.39 is 5.97 Å². The van der Waals surface area contributed by atoms with Gasteiger partial charge in [-0.2, -0.15) is 0 Å². The van der Waals surface area contributed by atoms with Crippen molar-refractivity contribution >= 4 is 23.6 Å². The average molecular weight is 360 g/mol. The van der Waals surface area contributed by atoms with Crippen LogP contribution in [-0.4, -0.2) is 46.6 Å². The van der Waals surface area contributed by atoms with E-state index in [4.69, 9.17) is 4.74 Å². The third-order valence-corrected chi connectivity index (χ3v) is 5.43. The number of likely N-dealkylation sites (tertiary alicyclic amines) is 1. The number of aromatic amines is 1. The van der Waals surface area contributed by atoms with Gasteiger partial charge < -0.3 is 9.72 Å². The lowest BCUT2D eigenvalue weighted by Gasteiger charge is -2.19. The van der Waals surface area contributed by atoms with Crippen LogP contribution in [0.4, 0.5) is 0 Å². The van der Waals surface area contributed by atoms with Crippen molar-refractivity contribution in [3.05, 3.63) is 22.5 Å². The van der Waals surface area contributed by atoms with Gasteiger partial charge in [0.05, 0.1) is 36.2 Å². The van der Waals surface area contributed by atoms with E-state index in [0.29, 0.717) is 29.7 Å². The van der Waals surface area contributed by atoms with Crippen LogP contribution in [0.3, 0.4) is 0 Å². The number of nitrogens with one attached hydrogen (secondary N) is 1. The van der Waals surface area contributed by atoms with E-state index in [1.54, 1.807) is 20.8 Å². The van der Waals surface area contributed by atoms with Crippen LogP contribution in [0.15, 0.2) is 0 Å². The predicted octanol–water partition coefficient (Wildman–Crippen LogP) is 2.17. The van der Waals surface area contributed by atoms with Gasteiger partial charge in [-0.25, -0.2) is 4.79 Å². The molecular weight excluding hydrogens is 336 g/mol. The summed E-state index contributed by atoms with van der Waals surface area (Å²) in [5.41, 5.74) is 1.61. The Hall–Kier alpha value is -2.44. The molecule has 2 atom stereocenters. The van der Waals surface area contributed by atoms with Gasteiger partial charge in [-0.05, 0) is 39.2 Å². The lowest BCUT2D eigenvalue weighted by Crippen LogP contribution is -2.36. The van der Waals surface area contributed by atoms with Crippen molar-refractivity contribution in [3.63, 3.8) is 0 Å². The number of nitrogens with zero attached hydrogens (tertiary/aromatic N) is 1. The molecule has 0 unspecified atom stereocenters. The molecule has 0 bridgehead atoms. The molecule has 2 heterocycles. The van der Waals surface area contributed by atoms with Crippen molar-refractivity contribution in [2.24, 2.45) is 11.8 Å². The molecule has 7 heteroatoms. The molecule has 2 aliphatic rings. The zero-order chi connectivity index (χ0) is 19.0. The average Bonchev–Trinajstić information content (AvgIpc) is 3.04. The Balaban J connectivity index is 1.80. The normalized spacial score (nSPS) is 22.5. The Labute approximate surface area is 152 Å². The molecule has 1 saturated heterocycles. The molecule has 1 aromatic heterocycles. The summed E-state index contributed by atoms with van der Waals surface area (Å²) in [6, 6.07) is 0. The minimum Gasteiger partial charge on any atom is -0.462 e. The molecule has 2 fully saturated rings. The monoisotopic (exact) mass is 360 g/mol. The van der Waals surface area contributed by atoms with Gasteiger partial charge in [-0.1, -0.05) is 12.8 Å². The van der Waals surface area contributed by atoms with Gasteiger partial charge in [0.25, 0.3) is 0 Å². The Morgan fingerprint density at radius 1 is 1.12 bits per heavy atom. The zero-order valence-electron chi connectivity index (χ0n) is 15.4. The van der Waals surface area contributed by atoms with Gasteiger partial charge in [0.15, 0.2) is 5.78 Å². The second kappa shape index (κ2) is 7.05. The van der Waals surface area contributed by atoms with Crippen molar-refractivity contribution in [2.75, 3.05) is 13.2 Å². The molecule has 1 aliphatic carbocycles. The van der Waals surface area contributed by atoms with Gasteiger partial charge in [0.2, 0.25) is 11.8 Å². The molecule has 26 heavy (non-hydrogen) atoms. The molecule has 0 aromatic carbocycles. The maximum absolute atomic E-state index is 12.7. The molecule has 3 rings (SSSR count). The van der Waals surface area contributed by atoms with Crippen LogP contribution >= 0.6 is 0 Å². The molecule has 1 saturated carbocycles. The molecular formula is C19H24N2O5. The summed E-state index contributed by atoms with van der Waals surface area (Å²) in [4.78, 5) is 53.9. The van der Waals surface area contributed by atoms with E-state index in [2.05, 4.69) is 4.98 Å². The number of amides is 2. The molecule has 1 N–H and O–H groups in total. The third-order valence-electron chi connectivity index (χ3n) is 5.43. The highest BCUT2D eigenvalue weighted by Crippen LogP contribution is 2.38. The Bertz CT molecular complexity index is 755. The highest BCUT2D eigenvalue weighted by atomic mass is 16.5. The number of esters is 1. The number of aromatic nitrogens is 1. The fraction of sp³-hybridized carbons (Fsp3) is 0.579. The summed E-state index contributed by atoms with van der Waals surface area (Å²) in [5, 5.41) is 0. The van der Waals surface area contributed by atoms with Gasteiger partial charge in [0.1, 0.15) is 0 Å². The van der Waals surface area contributed by atoms with Crippen LogP contribution in [-0.2, 0) is 14.3 Å². The fourth-order valence-corrected chi connectivity index (χ4v) is 4.15. The van der Waals surface area contributed by atoms with E-state index >= 15 is 0 Å². The SMILES string of the molecule is CCOC(=O)c1c(C)[nH]c(C(=O)CN2C(=O)[C@H]3CCCC[C@H]3C2=O)c1C. The van der Waals surface area contributed by atoms with Crippen molar-refractivity contribution in [1.82, 2.24) is 9.88 Å². The van der Waals surface area contributed by atoms with Gasteiger partial charge in [-0.15, -0.1) is 0 Å². The van der Waals surface area contributed by atoms with Crippen LogP contribution < -0.4 is 0 Å². The minimum atomic E-state index is -0.489. The Kier molecular flexibility index (Phi) is 4.98. The largest absolute Gasteiger partial charge is 0.462 e. The van der Waals surface area contributed by atoms with Crippen molar-refractivity contribution in [3.8, 4) is 0 Å². The highest BCUT2D eigenvalue weighted by Gasteiger charge is 2.48.